The maximum atomic E-state index is 13.0. The average molecular weight is 452 g/mol. The molecule has 0 aliphatic rings. The summed E-state index contributed by atoms with van der Waals surface area (Å²) in [5, 5.41) is 5.72. The van der Waals surface area contributed by atoms with Gasteiger partial charge in [-0.2, -0.15) is 0 Å². The van der Waals surface area contributed by atoms with Crippen molar-refractivity contribution < 1.29 is 18.0 Å². The van der Waals surface area contributed by atoms with Crippen LogP contribution in [0.2, 0.25) is 0 Å². The molecule has 0 saturated carbocycles. The third kappa shape index (κ3) is 5.73. The third-order valence-corrected chi connectivity index (χ3v) is 5.53. The number of hydrogen-bond donors (Lipinski definition) is 3. The van der Waals surface area contributed by atoms with E-state index in [1.807, 2.05) is 37.3 Å². The van der Waals surface area contributed by atoms with Gasteiger partial charge in [-0.05, 0) is 49.2 Å². The number of benzene rings is 3. The number of hydrogen-bond acceptors (Lipinski definition) is 4. The van der Waals surface area contributed by atoms with Gasteiger partial charge >= 0.3 is 0 Å². The van der Waals surface area contributed by atoms with Crippen LogP contribution in [0.1, 0.15) is 44.8 Å². The first-order valence-electron chi connectivity index (χ1n) is 9.99. The summed E-state index contributed by atoms with van der Waals surface area (Å²) in [5.41, 5.74) is 2.75. The van der Waals surface area contributed by atoms with Crippen LogP contribution in [0.3, 0.4) is 0 Å². The van der Waals surface area contributed by atoms with E-state index >= 15 is 0 Å². The summed E-state index contributed by atoms with van der Waals surface area (Å²) >= 11 is 0. The Balaban J connectivity index is 1.81. The van der Waals surface area contributed by atoms with E-state index in [0.29, 0.717) is 28.1 Å². The molecule has 2 amide bonds. The molecule has 0 spiro atoms. The predicted octanol–water partition coefficient (Wildman–Crippen LogP) is 4.11. The molecule has 0 aromatic heterocycles. The number of nitrogens with one attached hydrogen (secondary N) is 3. The Morgan fingerprint density at radius 3 is 2.06 bits per heavy atom. The van der Waals surface area contributed by atoms with Gasteiger partial charge in [-0.25, -0.2) is 8.42 Å². The van der Waals surface area contributed by atoms with E-state index in [9.17, 15) is 18.0 Å². The topological polar surface area (TPSA) is 104 Å². The highest BCUT2D eigenvalue weighted by molar-refractivity contribution is 7.92. The molecule has 0 radical (unpaired) electrons. The lowest BCUT2D eigenvalue weighted by atomic mass is 10.1. The Morgan fingerprint density at radius 2 is 1.38 bits per heavy atom. The van der Waals surface area contributed by atoms with E-state index in [1.54, 1.807) is 49.4 Å². The van der Waals surface area contributed by atoms with Gasteiger partial charge in [-0.1, -0.05) is 48.5 Å². The molecule has 7 nitrogen and oxygen atoms in total. The van der Waals surface area contributed by atoms with Gasteiger partial charge in [-0.3, -0.25) is 14.3 Å². The highest BCUT2D eigenvalue weighted by Crippen LogP contribution is 2.23. The maximum Gasteiger partial charge on any atom is 0.256 e. The van der Waals surface area contributed by atoms with E-state index in [-0.39, 0.29) is 11.9 Å². The number of para-hydroxylation sites is 1. The van der Waals surface area contributed by atoms with Crippen molar-refractivity contribution in [1.29, 1.82) is 0 Å². The fourth-order valence-electron chi connectivity index (χ4n) is 3.27. The summed E-state index contributed by atoms with van der Waals surface area (Å²) in [5.74, 6) is -0.766. The minimum atomic E-state index is -3.49. The first-order valence-corrected chi connectivity index (χ1v) is 11.9. The number of anilines is 2. The van der Waals surface area contributed by atoms with Crippen molar-refractivity contribution in [2.24, 2.45) is 0 Å². The van der Waals surface area contributed by atoms with Crippen LogP contribution >= 0.6 is 0 Å². The lowest BCUT2D eigenvalue weighted by molar-refractivity contribution is 0.0940. The molecule has 3 N–H and O–H groups in total. The molecule has 3 rings (SSSR count). The standard InChI is InChI=1S/C24H25N3O4S/c1-16-19(13-9-15-21(16)27-32(3,30)31)23(28)26-22-14-8-7-12-20(22)24(29)25-17(2)18-10-5-4-6-11-18/h4-15,17,27H,1-3H3,(H,25,29)(H,26,28)/t17-/m1/s1. The minimum absolute atomic E-state index is 0.214. The highest BCUT2D eigenvalue weighted by Gasteiger charge is 2.18. The Kier molecular flexibility index (Phi) is 6.95. The van der Waals surface area contributed by atoms with E-state index in [2.05, 4.69) is 15.4 Å². The summed E-state index contributed by atoms with van der Waals surface area (Å²) in [6, 6.07) is 20.9. The van der Waals surface area contributed by atoms with Crippen molar-refractivity contribution in [1.82, 2.24) is 5.32 Å². The number of rotatable bonds is 7. The van der Waals surface area contributed by atoms with Gasteiger partial charge < -0.3 is 10.6 Å². The number of amides is 2. The Hall–Kier alpha value is -3.65. The van der Waals surface area contributed by atoms with Gasteiger partial charge in [0.15, 0.2) is 0 Å². The Bertz CT molecular complexity index is 1240. The van der Waals surface area contributed by atoms with Crippen molar-refractivity contribution in [3.05, 3.63) is 95.1 Å². The van der Waals surface area contributed by atoms with Crippen LogP contribution in [-0.4, -0.2) is 26.5 Å². The molecule has 0 aliphatic carbocycles. The lowest BCUT2D eigenvalue weighted by Gasteiger charge is -2.17. The molecule has 0 heterocycles. The van der Waals surface area contributed by atoms with Crippen molar-refractivity contribution >= 4 is 33.2 Å². The van der Waals surface area contributed by atoms with Crippen LogP contribution in [0.25, 0.3) is 0 Å². The van der Waals surface area contributed by atoms with Crippen LogP contribution in [-0.2, 0) is 10.0 Å². The Morgan fingerprint density at radius 1 is 0.781 bits per heavy atom. The van der Waals surface area contributed by atoms with E-state index in [1.165, 1.54) is 0 Å². The quantitative estimate of drug-likeness (QED) is 0.503. The number of sulfonamides is 1. The van der Waals surface area contributed by atoms with Crippen LogP contribution < -0.4 is 15.4 Å². The summed E-state index contributed by atoms with van der Waals surface area (Å²) in [7, 11) is -3.49. The zero-order valence-electron chi connectivity index (χ0n) is 18.0. The molecule has 0 saturated heterocycles. The van der Waals surface area contributed by atoms with Gasteiger partial charge in [-0.15, -0.1) is 0 Å². The largest absolute Gasteiger partial charge is 0.345 e. The van der Waals surface area contributed by atoms with Crippen molar-refractivity contribution in [3.63, 3.8) is 0 Å². The Labute approximate surface area is 187 Å². The van der Waals surface area contributed by atoms with Gasteiger partial charge in [0, 0.05) is 5.56 Å². The smallest absolute Gasteiger partial charge is 0.256 e. The third-order valence-electron chi connectivity index (χ3n) is 4.94. The van der Waals surface area contributed by atoms with E-state index in [0.717, 1.165) is 11.8 Å². The fraction of sp³-hybridized carbons (Fsp3) is 0.167. The maximum absolute atomic E-state index is 13.0. The van der Waals surface area contributed by atoms with Crippen molar-refractivity contribution in [2.45, 2.75) is 19.9 Å². The first-order chi connectivity index (χ1) is 15.2. The van der Waals surface area contributed by atoms with E-state index < -0.39 is 15.9 Å². The second-order valence-corrected chi connectivity index (χ2v) is 9.21. The predicted molar refractivity (Wildman–Crippen MR) is 126 cm³/mol. The highest BCUT2D eigenvalue weighted by atomic mass is 32.2. The number of carbonyl (C=O) groups is 2. The first kappa shape index (κ1) is 23.0. The normalized spacial score (nSPS) is 12.0. The molecule has 0 aliphatic heterocycles. The molecule has 8 heteroatoms. The molecule has 0 unspecified atom stereocenters. The molecule has 1 atom stereocenters. The molecular formula is C24H25N3O4S. The average Bonchev–Trinajstić information content (AvgIpc) is 2.75. The molecular weight excluding hydrogens is 426 g/mol. The monoisotopic (exact) mass is 451 g/mol. The van der Waals surface area contributed by atoms with Crippen LogP contribution in [0, 0.1) is 6.92 Å². The molecule has 32 heavy (non-hydrogen) atoms. The molecule has 3 aromatic rings. The molecule has 3 aromatic carbocycles. The van der Waals surface area contributed by atoms with Gasteiger partial charge in [0.1, 0.15) is 0 Å². The molecule has 166 valence electrons. The van der Waals surface area contributed by atoms with Gasteiger partial charge in [0.25, 0.3) is 11.8 Å². The van der Waals surface area contributed by atoms with E-state index in [4.69, 9.17) is 0 Å². The van der Waals surface area contributed by atoms with Crippen LogP contribution in [0.4, 0.5) is 11.4 Å². The summed E-state index contributed by atoms with van der Waals surface area (Å²) in [6.07, 6.45) is 1.05. The second kappa shape index (κ2) is 9.65. The van der Waals surface area contributed by atoms with Gasteiger partial charge in [0.05, 0.1) is 29.2 Å². The van der Waals surface area contributed by atoms with Crippen LogP contribution in [0.5, 0.6) is 0 Å². The minimum Gasteiger partial charge on any atom is -0.345 e. The fourth-order valence-corrected chi connectivity index (χ4v) is 3.89. The second-order valence-electron chi connectivity index (χ2n) is 7.46. The lowest BCUT2D eigenvalue weighted by Crippen LogP contribution is -2.28. The zero-order valence-corrected chi connectivity index (χ0v) is 18.9. The number of carbonyl (C=O) groups excluding carboxylic acids is 2. The van der Waals surface area contributed by atoms with Crippen LogP contribution in [0.15, 0.2) is 72.8 Å². The summed E-state index contributed by atoms with van der Waals surface area (Å²) in [6.45, 7) is 3.54. The summed E-state index contributed by atoms with van der Waals surface area (Å²) < 4.78 is 25.6. The summed E-state index contributed by atoms with van der Waals surface area (Å²) in [4.78, 5) is 25.9. The SMILES string of the molecule is Cc1c(NS(C)(=O)=O)cccc1C(=O)Nc1ccccc1C(=O)N[C@H](C)c1ccccc1. The molecule has 0 bridgehead atoms. The van der Waals surface area contributed by atoms with Gasteiger partial charge in [0.2, 0.25) is 10.0 Å². The van der Waals surface area contributed by atoms with Crippen molar-refractivity contribution in [3.8, 4) is 0 Å². The molecule has 0 fully saturated rings. The zero-order chi connectivity index (χ0) is 23.3. The van der Waals surface area contributed by atoms with Crippen molar-refractivity contribution in [2.75, 3.05) is 16.3 Å².